The number of halogens is 4. The topological polar surface area (TPSA) is 64.0 Å². The highest BCUT2D eigenvalue weighted by Crippen LogP contribution is 2.31. The number of benzene rings is 2. The monoisotopic (exact) mass is 529 g/mol. The van der Waals surface area contributed by atoms with Crippen LogP contribution in [0.4, 0.5) is 13.2 Å². The van der Waals surface area contributed by atoms with Crippen LogP contribution >= 0.6 is 15.9 Å². The van der Waals surface area contributed by atoms with E-state index in [-0.39, 0.29) is 22.1 Å². The van der Waals surface area contributed by atoms with Gasteiger partial charge in [-0.3, -0.25) is 19.1 Å². The molecule has 4 rings (SSSR count). The van der Waals surface area contributed by atoms with Crippen LogP contribution in [0.5, 0.6) is 0 Å². The largest absolute Gasteiger partial charge is 0.416 e. The first kappa shape index (κ1) is 23.7. The fraction of sp³-hybridized carbons (Fsp3) is 0.160. The van der Waals surface area contributed by atoms with Gasteiger partial charge < -0.3 is 5.32 Å². The number of carbonyl (C=O) groups excluding carboxylic acids is 1. The molecule has 0 saturated carbocycles. The molecule has 0 aliphatic carbocycles. The number of alkyl halides is 3. The molecule has 34 heavy (non-hydrogen) atoms. The molecule has 174 valence electrons. The number of aromatic nitrogens is 2. The Morgan fingerprint density at radius 1 is 1.09 bits per heavy atom. The first-order chi connectivity index (χ1) is 16.1. The van der Waals surface area contributed by atoms with Crippen LogP contribution in [0, 0.1) is 6.92 Å². The molecule has 0 aliphatic rings. The number of hydrogen-bond donors (Lipinski definition) is 1. The molecule has 0 bridgehead atoms. The summed E-state index contributed by atoms with van der Waals surface area (Å²) in [5, 5.41) is 3.52. The van der Waals surface area contributed by atoms with Crippen molar-refractivity contribution in [3.63, 3.8) is 0 Å². The Morgan fingerprint density at radius 3 is 2.41 bits per heavy atom. The summed E-state index contributed by atoms with van der Waals surface area (Å²) in [5.74, 6) is -0.317. The van der Waals surface area contributed by atoms with E-state index in [0.29, 0.717) is 27.7 Å². The summed E-state index contributed by atoms with van der Waals surface area (Å²) >= 11 is 3.30. The number of nitrogens with zero attached hydrogens (tertiary/aromatic N) is 2. The lowest BCUT2D eigenvalue weighted by molar-refractivity contribution is -0.137. The molecule has 2 aromatic carbocycles. The molecule has 1 N–H and O–H groups in total. The van der Waals surface area contributed by atoms with Crippen LogP contribution in [0.15, 0.2) is 76.1 Å². The normalized spacial score (nSPS) is 12.5. The smallest absolute Gasteiger partial charge is 0.344 e. The maximum atomic E-state index is 13.0. The Kier molecular flexibility index (Phi) is 6.31. The number of hydrogen-bond acceptors (Lipinski definition) is 3. The summed E-state index contributed by atoms with van der Waals surface area (Å²) in [4.78, 5) is 30.2. The third-order valence-electron chi connectivity index (χ3n) is 5.56. The van der Waals surface area contributed by atoms with Gasteiger partial charge in [0.05, 0.1) is 27.3 Å². The summed E-state index contributed by atoms with van der Waals surface area (Å²) in [6, 6.07) is 14.3. The summed E-state index contributed by atoms with van der Waals surface area (Å²) in [5.41, 5.74) is 1.25. The molecule has 2 aromatic heterocycles. The van der Waals surface area contributed by atoms with Crippen molar-refractivity contribution in [3.05, 3.63) is 104 Å². The molecule has 0 unspecified atom stereocenters. The molecule has 0 spiro atoms. The van der Waals surface area contributed by atoms with Crippen molar-refractivity contribution in [2.75, 3.05) is 0 Å². The molecule has 1 amide bonds. The van der Waals surface area contributed by atoms with Crippen LogP contribution in [0.2, 0.25) is 0 Å². The molecule has 4 aromatic rings. The number of rotatable bonds is 4. The van der Waals surface area contributed by atoms with Gasteiger partial charge in [0, 0.05) is 22.8 Å². The molecule has 2 heterocycles. The lowest BCUT2D eigenvalue weighted by Crippen LogP contribution is -2.27. The predicted octanol–water partition coefficient (Wildman–Crippen LogP) is 5.97. The Bertz CT molecular complexity index is 1430. The van der Waals surface area contributed by atoms with Crippen molar-refractivity contribution in [1.29, 1.82) is 0 Å². The first-order valence-corrected chi connectivity index (χ1v) is 11.1. The molecule has 0 saturated heterocycles. The third-order valence-corrected chi connectivity index (χ3v) is 6.49. The van der Waals surface area contributed by atoms with Gasteiger partial charge >= 0.3 is 6.18 Å². The zero-order chi connectivity index (χ0) is 24.6. The van der Waals surface area contributed by atoms with Crippen LogP contribution in [0.25, 0.3) is 16.6 Å². The van der Waals surface area contributed by atoms with Crippen molar-refractivity contribution in [3.8, 4) is 5.69 Å². The molecule has 1 atom stereocenters. The highest BCUT2D eigenvalue weighted by atomic mass is 79.9. The fourth-order valence-electron chi connectivity index (χ4n) is 3.70. The van der Waals surface area contributed by atoms with Crippen LogP contribution in [-0.2, 0) is 6.18 Å². The Balaban J connectivity index is 1.77. The molecular formula is C25H19BrF3N3O2. The molecule has 0 aliphatic heterocycles. The van der Waals surface area contributed by atoms with Crippen molar-refractivity contribution in [2.45, 2.75) is 26.1 Å². The SMILES string of the molecule is Cc1c(Br)c(=O)n(-c2ccc(C(F)(F)F)cc2)c2ccc(C(=O)N[C@@H](C)c3ccccn3)cc12. The maximum Gasteiger partial charge on any atom is 0.416 e. The third kappa shape index (κ3) is 4.48. The van der Waals surface area contributed by atoms with Gasteiger partial charge in [-0.15, -0.1) is 0 Å². The molecule has 0 radical (unpaired) electrons. The van der Waals surface area contributed by atoms with Crippen molar-refractivity contribution in [1.82, 2.24) is 14.9 Å². The van der Waals surface area contributed by atoms with Crippen molar-refractivity contribution < 1.29 is 18.0 Å². The number of pyridine rings is 2. The van der Waals surface area contributed by atoms with Gasteiger partial charge in [0.25, 0.3) is 11.5 Å². The van der Waals surface area contributed by atoms with E-state index in [1.807, 2.05) is 19.1 Å². The van der Waals surface area contributed by atoms with Gasteiger partial charge in [0.1, 0.15) is 0 Å². The zero-order valence-electron chi connectivity index (χ0n) is 18.2. The van der Waals surface area contributed by atoms with Crippen LogP contribution < -0.4 is 10.9 Å². The predicted molar refractivity (Wildman–Crippen MR) is 127 cm³/mol. The van der Waals surface area contributed by atoms with Crippen molar-refractivity contribution >= 4 is 32.7 Å². The van der Waals surface area contributed by atoms with Gasteiger partial charge in [-0.05, 0) is 89.9 Å². The summed E-state index contributed by atoms with van der Waals surface area (Å²) in [6.07, 6.45) is -2.83. The number of fused-ring (bicyclic) bond motifs is 1. The van der Waals surface area contributed by atoms with E-state index in [4.69, 9.17) is 0 Å². The Morgan fingerprint density at radius 2 is 1.79 bits per heavy atom. The van der Waals surface area contributed by atoms with Gasteiger partial charge in [-0.1, -0.05) is 6.07 Å². The number of carbonyl (C=O) groups is 1. The number of amides is 1. The summed E-state index contributed by atoms with van der Waals surface area (Å²) < 4.78 is 40.5. The van der Waals surface area contributed by atoms with Gasteiger partial charge in [0.15, 0.2) is 0 Å². The van der Waals surface area contributed by atoms with E-state index in [0.717, 1.165) is 12.1 Å². The van der Waals surface area contributed by atoms with Gasteiger partial charge in [0.2, 0.25) is 0 Å². The summed E-state index contributed by atoms with van der Waals surface area (Å²) in [6.45, 7) is 3.56. The Hall–Kier alpha value is -3.46. The fourth-order valence-corrected chi connectivity index (χ4v) is 4.09. The highest BCUT2D eigenvalue weighted by molar-refractivity contribution is 9.10. The van der Waals surface area contributed by atoms with Gasteiger partial charge in [-0.2, -0.15) is 13.2 Å². The van der Waals surface area contributed by atoms with Crippen LogP contribution in [0.3, 0.4) is 0 Å². The minimum absolute atomic E-state index is 0.263. The minimum atomic E-state index is -4.48. The summed E-state index contributed by atoms with van der Waals surface area (Å²) in [7, 11) is 0. The Labute approximate surface area is 201 Å². The second kappa shape index (κ2) is 9.06. The molecular weight excluding hydrogens is 511 g/mol. The van der Waals surface area contributed by atoms with Crippen LogP contribution in [-0.4, -0.2) is 15.5 Å². The zero-order valence-corrected chi connectivity index (χ0v) is 19.7. The van der Waals surface area contributed by atoms with E-state index in [9.17, 15) is 22.8 Å². The first-order valence-electron chi connectivity index (χ1n) is 10.3. The van der Waals surface area contributed by atoms with E-state index >= 15 is 0 Å². The van der Waals surface area contributed by atoms with E-state index in [1.54, 1.807) is 37.4 Å². The molecule has 9 heteroatoms. The standard InChI is InChI=1S/C25H19BrF3N3O2/c1-14-19-13-16(23(33)31-15(2)20-5-3-4-12-30-20)6-11-21(19)32(24(34)22(14)26)18-9-7-17(8-10-18)25(27,28)29/h3-13,15H,1-2H3,(H,31,33)/t15-/m0/s1. The second-order valence-electron chi connectivity index (χ2n) is 7.81. The quantitative estimate of drug-likeness (QED) is 0.354. The van der Waals surface area contributed by atoms with E-state index in [2.05, 4.69) is 26.2 Å². The van der Waals surface area contributed by atoms with Crippen LogP contribution in [0.1, 0.15) is 40.1 Å². The average molecular weight is 530 g/mol. The van der Waals surface area contributed by atoms with Crippen molar-refractivity contribution in [2.24, 2.45) is 0 Å². The van der Waals surface area contributed by atoms with Gasteiger partial charge in [-0.25, -0.2) is 0 Å². The average Bonchev–Trinajstić information content (AvgIpc) is 2.83. The lowest BCUT2D eigenvalue weighted by atomic mass is 10.0. The minimum Gasteiger partial charge on any atom is -0.344 e. The molecule has 5 nitrogen and oxygen atoms in total. The maximum absolute atomic E-state index is 13.0. The van der Waals surface area contributed by atoms with E-state index < -0.39 is 17.3 Å². The number of nitrogens with one attached hydrogen (secondary N) is 1. The van der Waals surface area contributed by atoms with E-state index in [1.165, 1.54) is 16.7 Å². The highest BCUT2D eigenvalue weighted by Gasteiger charge is 2.30. The number of aryl methyl sites for hydroxylation is 1. The lowest BCUT2D eigenvalue weighted by Gasteiger charge is -2.17. The second-order valence-corrected chi connectivity index (χ2v) is 8.60. The molecule has 0 fully saturated rings.